The largest absolute Gasteiger partial charge is 0.508 e. The van der Waals surface area contributed by atoms with Crippen LogP contribution in [-0.2, 0) is 12.8 Å². The van der Waals surface area contributed by atoms with Crippen molar-refractivity contribution >= 4 is 0 Å². The van der Waals surface area contributed by atoms with E-state index in [-0.39, 0.29) is 11.5 Å². The van der Waals surface area contributed by atoms with Crippen LogP contribution in [-0.4, -0.2) is 10.2 Å². The average Bonchev–Trinajstić information content (AvgIpc) is 2.17. The Kier molecular flexibility index (Phi) is 3.35. The van der Waals surface area contributed by atoms with Crippen LogP contribution in [0.3, 0.4) is 0 Å². The summed E-state index contributed by atoms with van der Waals surface area (Å²) in [5.74, 6) is 0.181. The van der Waals surface area contributed by atoms with Gasteiger partial charge >= 0.3 is 0 Å². The Bertz CT molecular complexity index is 366. The number of nitriles is 1. The Morgan fingerprint density at radius 3 is 2.43 bits per heavy atom. The lowest BCUT2D eigenvalue weighted by Crippen LogP contribution is -1.89. The van der Waals surface area contributed by atoms with Crippen molar-refractivity contribution < 1.29 is 10.2 Å². The van der Waals surface area contributed by atoms with Gasteiger partial charge in [-0.1, -0.05) is 6.92 Å². The monoisotopic (exact) mass is 191 g/mol. The number of aryl methyl sites for hydroxylation is 2. The molecule has 0 spiro atoms. The maximum atomic E-state index is 9.47. The molecule has 74 valence electrons. The number of rotatable bonds is 3. The Morgan fingerprint density at radius 1 is 1.21 bits per heavy atom. The van der Waals surface area contributed by atoms with Crippen molar-refractivity contribution in [3.63, 3.8) is 0 Å². The van der Waals surface area contributed by atoms with Crippen LogP contribution in [0.4, 0.5) is 0 Å². The molecule has 0 aliphatic carbocycles. The molecule has 0 amide bonds. The molecule has 14 heavy (non-hydrogen) atoms. The fraction of sp³-hybridized carbons (Fsp3) is 0.364. The Hall–Kier alpha value is -1.69. The Morgan fingerprint density at radius 2 is 1.86 bits per heavy atom. The number of aromatic hydroxyl groups is 2. The first-order valence-corrected chi connectivity index (χ1v) is 4.59. The third-order valence-electron chi connectivity index (χ3n) is 2.17. The third kappa shape index (κ3) is 2.17. The highest BCUT2D eigenvalue weighted by atomic mass is 16.3. The van der Waals surface area contributed by atoms with Crippen LogP contribution in [0.2, 0.25) is 0 Å². The lowest BCUT2D eigenvalue weighted by atomic mass is 10.0. The predicted molar refractivity (Wildman–Crippen MR) is 53.1 cm³/mol. The summed E-state index contributed by atoms with van der Waals surface area (Å²) in [7, 11) is 0. The van der Waals surface area contributed by atoms with Gasteiger partial charge in [0.05, 0.1) is 6.07 Å². The molecule has 0 unspecified atom stereocenters. The number of phenols is 2. The molecule has 1 aromatic carbocycles. The van der Waals surface area contributed by atoms with E-state index >= 15 is 0 Å². The first-order chi connectivity index (χ1) is 6.69. The fourth-order valence-corrected chi connectivity index (χ4v) is 1.35. The summed E-state index contributed by atoms with van der Waals surface area (Å²) < 4.78 is 0. The average molecular weight is 191 g/mol. The summed E-state index contributed by atoms with van der Waals surface area (Å²) in [6, 6.07) is 5.11. The standard InChI is InChI=1S/C11H13NO2/c1-2-8-6-9(4-3-5-12)11(14)7-10(8)13/h6-7,13-14H,2-4H2,1H3. The van der Waals surface area contributed by atoms with Gasteiger partial charge < -0.3 is 10.2 Å². The van der Waals surface area contributed by atoms with Crippen LogP contribution in [0.25, 0.3) is 0 Å². The molecule has 0 aliphatic rings. The molecule has 0 saturated carbocycles. The van der Waals surface area contributed by atoms with Crippen molar-refractivity contribution in [2.45, 2.75) is 26.2 Å². The molecule has 0 saturated heterocycles. The second-order valence-corrected chi connectivity index (χ2v) is 3.12. The van der Waals surface area contributed by atoms with Gasteiger partial charge in [0, 0.05) is 12.5 Å². The van der Waals surface area contributed by atoms with E-state index in [0.29, 0.717) is 19.3 Å². The molecular formula is C11H13NO2. The summed E-state index contributed by atoms with van der Waals surface area (Å²) in [4.78, 5) is 0. The molecule has 0 heterocycles. The summed E-state index contributed by atoms with van der Waals surface area (Å²) >= 11 is 0. The molecular weight excluding hydrogens is 178 g/mol. The van der Waals surface area contributed by atoms with Gasteiger partial charge in [0.25, 0.3) is 0 Å². The molecule has 1 rings (SSSR count). The van der Waals surface area contributed by atoms with Gasteiger partial charge in [-0.3, -0.25) is 0 Å². The van der Waals surface area contributed by atoms with Gasteiger partial charge in [-0.2, -0.15) is 5.26 Å². The maximum Gasteiger partial charge on any atom is 0.122 e. The Labute approximate surface area is 83.2 Å². The minimum atomic E-state index is 0.0648. The van der Waals surface area contributed by atoms with E-state index in [2.05, 4.69) is 0 Å². The predicted octanol–water partition coefficient (Wildman–Crippen LogP) is 2.12. The van der Waals surface area contributed by atoms with Crippen LogP contribution < -0.4 is 0 Å². The molecule has 0 aliphatic heterocycles. The zero-order valence-electron chi connectivity index (χ0n) is 8.12. The summed E-state index contributed by atoms with van der Waals surface area (Å²) in [5.41, 5.74) is 1.52. The molecule has 2 N–H and O–H groups in total. The second kappa shape index (κ2) is 4.52. The highest BCUT2D eigenvalue weighted by Gasteiger charge is 2.06. The van der Waals surface area contributed by atoms with Crippen molar-refractivity contribution in [2.24, 2.45) is 0 Å². The first kappa shape index (κ1) is 10.4. The van der Waals surface area contributed by atoms with Gasteiger partial charge in [-0.05, 0) is 30.0 Å². The van der Waals surface area contributed by atoms with E-state index in [4.69, 9.17) is 5.26 Å². The van der Waals surface area contributed by atoms with Gasteiger partial charge in [0.15, 0.2) is 0 Å². The normalized spacial score (nSPS) is 9.71. The van der Waals surface area contributed by atoms with E-state index in [0.717, 1.165) is 11.1 Å². The quantitative estimate of drug-likeness (QED) is 0.769. The van der Waals surface area contributed by atoms with Crippen molar-refractivity contribution in [2.75, 3.05) is 0 Å². The highest BCUT2D eigenvalue weighted by molar-refractivity contribution is 5.45. The number of benzene rings is 1. The van der Waals surface area contributed by atoms with Crippen molar-refractivity contribution in [1.82, 2.24) is 0 Å². The minimum absolute atomic E-state index is 0.0648. The van der Waals surface area contributed by atoms with Crippen molar-refractivity contribution in [1.29, 1.82) is 5.26 Å². The van der Waals surface area contributed by atoms with E-state index in [1.54, 1.807) is 6.07 Å². The fourth-order valence-electron chi connectivity index (χ4n) is 1.35. The first-order valence-electron chi connectivity index (χ1n) is 4.59. The number of hydrogen-bond donors (Lipinski definition) is 2. The minimum Gasteiger partial charge on any atom is -0.508 e. The zero-order valence-corrected chi connectivity index (χ0v) is 8.12. The van der Waals surface area contributed by atoms with E-state index in [9.17, 15) is 10.2 Å². The van der Waals surface area contributed by atoms with Crippen LogP contribution >= 0.6 is 0 Å². The van der Waals surface area contributed by atoms with Crippen LogP contribution in [0.1, 0.15) is 24.5 Å². The summed E-state index contributed by atoms with van der Waals surface area (Å²) in [6.07, 6.45) is 1.61. The van der Waals surface area contributed by atoms with Gasteiger partial charge in [-0.15, -0.1) is 0 Å². The van der Waals surface area contributed by atoms with E-state index < -0.39 is 0 Å². The van der Waals surface area contributed by atoms with Crippen molar-refractivity contribution in [3.05, 3.63) is 23.3 Å². The molecule has 1 aromatic rings. The van der Waals surface area contributed by atoms with Crippen LogP contribution in [0.5, 0.6) is 11.5 Å². The summed E-state index contributed by atoms with van der Waals surface area (Å²) in [5, 5.41) is 27.3. The lowest BCUT2D eigenvalue weighted by Gasteiger charge is -2.07. The molecule has 3 heteroatoms. The van der Waals surface area contributed by atoms with Gasteiger partial charge in [0.1, 0.15) is 11.5 Å². The third-order valence-corrected chi connectivity index (χ3v) is 2.17. The number of phenolic OH excluding ortho intramolecular Hbond substituents is 2. The molecule has 0 atom stereocenters. The molecule has 0 bridgehead atoms. The zero-order chi connectivity index (χ0) is 10.6. The lowest BCUT2D eigenvalue weighted by molar-refractivity contribution is 0.442. The van der Waals surface area contributed by atoms with Crippen molar-refractivity contribution in [3.8, 4) is 17.6 Å². The molecule has 0 radical (unpaired) electrons. The highest BCUT2D eigenvalue weighted by Crippen LogP contribution is 2.28. The number of nitrogens with zero attached hydrogens (tertiary/aromatic N) is 1. The SMILES string of the molecule is CCc1cc(CCC#N)c(O)cc1O. The van der Waals surface area contributed by atoms with Crippen LogP contribution in [0.15, 0.2) is 12.1 Å². The molecule has 3 nitrogen and oxygen atoms in total. The van der Waals surface area contributed by atoms with Gasteiger partial charge in [0.2, 0.25) is 0 Å². The maximum absolute atomic E-state index is 9.47. The smallest absolute Gasteiger partial charge is 0.122 e. The topological polar surface area (TPSA) is 64.2 Å². The Balaban J connectivity index is 2.99. The second-order valence-electron chi connectivity index (χ2n) is 3.12. The van der Waals surface area contributed by atoms with E-state index in [1.807, 2.05) is 13.0 Å². The van der Waals surface area contributed by atoms with Gasteiger partial charge in [-0.25, -0.2) is 0 Å². The molecule has 0 aromatic heterocycles. The van der Waals surface area contributed by atoms with E-state index in [1.165, 1.54) is 6.07 Å². The van der Waals surface area contributed by atoms with Crippen LogP contribution in [0, 0.1) is 11.3 Å². The summed E-state index contributed by atoms with van der Waals surface area (Å²) in [6.45, 7) is 1.93. The molecule has 0 fully saturated rings. The number of hydrogen-bond acceptors (Lipinski definition) is 3.